The zero-order valence-electron chi connectivity index (χ0n) is 13.4. The van der Waals surface area contributed by atoms with Crippen molar-refractivity contribution < 1.29 is 9.59 Å². The predicted octanol–water partition coefficient (Wildman–Crippen LogP) is 3.07. The van der Waals surface area contributed by atoms with Gasteiger partial charge in [0.25, 0.3) is 0 Å². The number of thiazole rings is 1. The highest BCUT2D eigenvalue weighted by Crippen LogP contribution is 2.22. The Bertz CT molecular complexity index is 515. The SMILES string of the molecule is CCCC(=O)N1CCCC(C(=O)Nc2nc(CCC)cs2)C1. The van der Waals surface area contributed by atoms with E-state index in [2.05, 4.69) is 17.2 Å². The van der Waals surface area contributed by atoms with E-state index in [-0.39, 0.29) is 17.7 Å². The molecule has 1 aliphatic rings. The van der Waals surface area contributed by atoms with Gasteiger partial charge < -0.3 is 10.2 Å². The summed E-state index contributed by atoms with van der Waals surface area (Å²) >= 11 is 1.47. The third kappa shape index (κ3) is 4.53. The fourth-order valence-electron chi connectivity index (χ4n) is 2.73. The first-order valence-electron chi connectivity index (χ1n) is 8.17. The summed E-state index contributed by atoms with van der Waals surface area (Å²) < 4.78 is 0. The van der Waals surface area contributed by atoms with Crippen LogP contribution in [-0.4, -0.2) is 34.8 Å². The van der Waals surface area contributed by atoms with Crippen LogP contribution in [0.15, 0.2) is 5.38 Å². The molecule has 1 atom stereocenters. The molecule has 2 amide bonds. The maximum Gasteiger partial charge on any atom is 0.231 e. The largest absolute Gasteiger partial charge is 0.342 e. The summed E-state index contributed by atoms with van der Waals surface area (Å²) in [6.07, 6.45) is 5.15. The van der Waals surface area contributed by atoms with Gasteiger partial charge in [0.1, 0.15) is 0 Å². The lowest BCUT2D eigenvalue weighted by molar-refractivity contribution is -0.134. The van der Waals surface area contributed by atoms with Gasteiger partial charge in [-0.05, 0) is 25.7 Å². The Morgan fingerprint density at radius 2 is 2.23 bits per heavy atom. The number of nitrogens with one attached hydrogen (secondary N) is 1. The average molecular weight is 323 g/mol. The number of aryl methyl sites for hydroxylation is 1. The Labute approximate surface area is 136 Å². The van der Waals surface area contributed by atoms with Gasteiger partial charge >= 0.3 is 0 Å². The molecule has 1 unspecified atom stereocenters. The first kappa shape index (κ1) is 16.9. The van der Waals surface area contributed by atoms with E-state index >= 15 is 0 Å². The van der Waals surface area contributed by atoms with Crippen molar-refractivity contribution in [3.05, 3.63) is 11.1 Å². The number of likely N-dealkylation sites (tertiary alicyclic amines) is 1. The van der Waals surface area contributed by atoms with Crippen LogP contribution in [0.4, 0.5) is 5.13 Å². The zero-order valence-corrected chi connectivity index (χ0v) is 14.2. The van der Waals surface area contributed by atoms with Gasteiger partial charge in [0.05, 0.1) is 11.6 Å². The minimum Gasteiger partial charge on any atom is -0.342 e. The molecule has 22 heavy (non-hydrogen) atoms. The first-order valence-corrected chi connectivity index (χ1v) is 9.05. The number of anilines is 1. The third-order valence-electron chi connectivity index (χ3n) is 3.90. The monoisotopic (exact) mass is 323 g/mol. The topological polar surface area (TPSA) is 62.3 Å². The molecule has 1 fully saturated rings. The second-order valence-corrected chi connectivity index (χ2v) is 6.67. The molecule has 0 bridgehead atoms. The molecular weight excluding hydrogens is 298 g/mol. The molecule has 1 N–H and O–H groups in total. The third-order valence-corrected chi connectivity index (χ3v) is 4.70. The van der Waals surface area contributed by atoms with Gasteiger partial charge in [-0.15, -0.1) is 11.3 Å². The van der Waals surface area contributed by atoms with Crippen LogP contribution < -0.4 is 5.32 Å². The van der Waals surface area contributed by atoms with Gasteiger partial charge in [0.2, 0.25) is 11.8 Å². The molecule has 2 heterocycles. The molecule has 2 rings (SSSR count). The second-order valence-electron chi connectivity index (χ2n) is 5.81. The van der Waals surface area contributed by atoms with Crippen LogP contribution in [0.2, 0.25) is 0 Å². The van der Waals surface area contributed by atoms with Crippen molar-refractivity contribution in [1.29, 1.82) is 0 Å². The van der Waals surface area contributed by atoms with Crippen LogP contribution in [0.3, 0.4) is 0 Å². The number of carbonyl (C=O) groups excluding carboxylic acids is 2. The minimum atomic E-state index is -0.118. The molecule has 0 aromatic carbocycles. The summed E-state index contributed by atoms with van der Waals surface area (Å²) in [6, 6.07) is 0. The van der Waals surface area contributed by atoms with Crippen molar-refractivity contribution in [2.45, 2.75) is 52.4 Å². The summed E-state index contributed by atoms with van der Waals surface area (Å²) in [7, 11) is 0. The van der Waals surface area contributed by atoms with E-state index in [1.54, 1.807) is 0 Å². The van der Waals surface area contributed by atoms with Gasteiger partial charge in [-0.1, -0.05) is 20.3 Å². The van der Waals surface area contributed by atoms with Crippen LogP contribution in [0.5, 0.6) is 0 Å². The van der Waals surface area contributed by atoms with Crippen molar-refractivity contribution in [2.75, 3.05) is 18.4 Å². The van der Waals surface area contributed by atoms with E-state index < -0.39 is 0 Å². The lowest BCUT2D eigenvalue weighted by Gasteiger charge is -2.31. The summed E-state index contributed by atoms with van der Waals surface area (Å²) in [5.41, 5.74) is 1.03. The van der Waals surface area contributed by atoms with Crippen molar-refractivity contribution in [3.8, 4) is 0 Å². The quantitative estimate of drug-likeness (QED) is 0.875. The standard InChI is InChI=1S/C16H25N3O2S/c1-3-6-13-11-22-16(17-13)18-15(21)12-8-5-9-19(10-12)14(20)7-4-2/h11-12H,3-10H2,1-2H3,(H,17,18,21). The Morgan fingerprint density at radius 1 is 1.41 bits per heavy atom. The molecule has 0 saturated carbocycles. The summed E-state index contributed by atoms with van der Waals surface area (Å²) in [5, 5.41) is 5.58. The molecular formula is C16H25N3O2S. The number of rotatable bonds is 6. The normalized spacial score (nSPS) is 18.3. The molecule has 6 heteroatoms. The van der Waals surface area contributed by atoms with Crippen LogP contribution in [0, 0.1) is 5.92 Å². The summed E-state index contributed by atoms with van der Waals surface area (Å²) in [6.45, 7) is 5.43. The van der Waals surface area contributed by atoms with E-state index in [9.17, 15) is 9.59 Å². The van der Waals surface area contributed by atoms with Gasteiger partial charge in [-0.2, -0.15) is 0 Å². The fraction of sp³-hybridized carbons (Fsp3) is 0.688. The van der Waals surface area contributed by atoms with Gasteiger partial charge in [-0.3, -0.25) is 9.59 Å². The number of carbonyl (C=O) groups is 2. The lowest BCUT2D eigenvalue weighted by Crippen LogP contribution is -2.43. The fourth-order valence-corrected chi connectivity index (χ4v) is 3.48. The van der Waals surface area contributed by atoms with Gasteiger partial charge in [0.15, 0.2) is 5.13 Å². The number of amides is 2. The van der Waals surface area contributed by atoms with Crippen LogP contribution in [0.1, 0.15) is 51.6 Å². The molecule has 0 aliphatic carbocycles. The maximum atomic E-state index is 12.4. The molecule has 1 aromatic heterocycles. The first-order chi connectivity index (χ1) is 10.6. The van der Waals surface area contributed by atoms with Crippen molar-refractivity contribution in [2.24, 2.45) is 5.92 Å². The van der Waals surface area contributed by atoms with Crippen LogP contribution in [0.25, 0.3) is 0 Å². The number of nitrogens with zero attached hydrogens (tertiary/aromatic N) is 2. The number of aromatic nitrogens is 1. The maximum absolute atomic E-state index is 12.4. The van der Waals surface area contributed by atoms with E-state index in [1.165, 1.54) is 11.3 Å². The van der Waals surface area contributed by atoms with Gasteiger partial charge in [-0.25, -0.2) is 4.98 Å². The number of piperidine rings is 1. The smallest absolute Gasteiger partial charge is 0.231 e. The van der Waals surface area contributed by atoms with Crippen LogP contribution >= 0.6 is 11.3 Å². The second kappa shape index (κ2) is 8.27. The lowest BCUT2D eigenvalue weighted by atomic mass is 9.97. The summed E-state index contributed by atoms with van der Waals surface area (Å²) in [4.78, 5) is 30.6. The van der Waals surface area contributed by atoms with E-state index in [4.69, 9.17) is 0 Å². The highest BCUT2D eigenvalue weighted by Gasteiger charge is 2.28. The van der Waals surface area contributed by atoms with E-state index in [0.29, 0.717) is 18.1 Å². The van der Waals surface area contributed by atoms with Crippen molar-refractivity contribution in [1.82, 2.24) is 9.88 Å². The number of hydrogen-bond acceptors (Lipinski definition) is 4. The predicted molar refractivity (Wildman–Crippen MR) is 89.0 cm³/mol. The van der Waals surface area contributed by atoms with E-state index in [1.807, 2.05) is 17.2 Å². The highest BCUT2D eigenvalue weighted by atomic mass is 32.1. The van der Waals surface area contributed by atoms with E-state index in [0.717, 1.165) is 44.3 Å². The molecule has 5 nitrogen and oxygen atoms in total. The Balaban J connectivity index is 1.89. The van der Waals surface area contributed by atoms with Crippen LogP contribution in [-0.2, 0) is 16.0 Å². The Kier molecular flexibility index (Phi) is 6.36. The zero-order chi connectivity index (χ0) is 15.9. The Hall–Kier alpha value is -1.43. The van der Waals surface area contributed by atoms with Crippen molar-refractivity contribution >= 4 is 28.3 Å². The molecule has 122 valence electrons. The van der Waals surface area contributed by atoms with Gasteiger partial charge in [0, 0.05) is 24.9 Å². The average Bonchev–Trinajstić information content (AvgIpc) is 2.95. The highest BCUT2D eigenvalue weighted by molar-refractivity contribution is 7.13. The Morgan fingerprint density at radius 3 is 2.95 bits per heavy atom. The molecule has 1 aliphatic heterocycles. The number of hydrogen-bond donors (Lipinski definition) is 1. The van der Waals surface area contributed by atoms with Crippen molar-refractivity contribution in [3.63, 3.8) is 0 Å². The molecule has 1 aromatic rings. The summed E-state index contributed by atoms with van der Waals surface area (Å²) in [5.74, 6) is 0.0407. The molecule has 0 radical (unpaired) electrons. The molecule has 1 saturated heterocycles. The molecule has 0 spiro atoms. The minimum absolute atomic E-state index is 0.00797.